The second kappa shape index (κ2) is 15.8. The molecule has 5 rings (SSSR count). The SMILES string of the molecule is C=CCCC(=O)OC[C@H](NC(=O)[C@@H]1[C@H]2O[C@@]3(CC2Br)[C@H](C(=O)N(CC=C)c2c(C)cccc2C)N(CCCCO)C(=O)[C@@H]13)c1ccccc1. The van der Waals surface area contributed by atoms with E-state index in [1.807, 2.05) is 62.4 Å². The molecule has 0 aromatic heterocycles. The van der Waals surface area contributed by atoms with Gasteiger partial charge in [-0.1, -0.05) is 76.6 Å². The molecule has 3 aliphatic heterocycles. The maximum atomic E-state index is 14.9. The molecule has 3 amide bonds. The summed E-state index contributed by atoms with van der Waals surface area (Å²) in [6, 6.07) is 13.4. The molecule has 2 N–H and O–H groups in total. The fourth-order valence-electron chi connectivity index (χ4n) is 7.79. The Kier molecular flexibility index (Phi) is 11.8. The van der Waals surface area contributed by atoms with Crippen LogP contribution in [0.3, 0.4) is 0 Å². The van der Waals surface area contributed by atoms with E-state index in [-0.39, 0.29) is 49.4 Å². The van der Waals surface area contributed by atoms with Gasteiger partial charge in [0.2, 0.25) is 11.8 Å². The van der Waals surface area contributed by atoms with Gasteiger partial charge in [-0.05, 0) is 56.2 Å². The van der Waals surface area contributed by atoms with E-state index in [1.165, 1.54) is 0 Å². The van der Waals surface area contributed by atoms with Crippen molar-refractivity contribution in [1.82, 2.24) is 10.2 Å². The number of halogens is 1. The molecule has 7 atom stereocenters. The Labute approximate surface area is 296 Å². The highest BCUT2D eigenvalue weighted by Gasteiger charge is 2.76. The van der Waals surface area contributed by atoms with Crippen molar-refractivity contribution in [3.8, 4) is 0 Å². The number of carbonyl (C=O) groups is 4. The summed E-state index contributed by atoms with van der Waals surface area (Å²) < 4.78 is 12.3. The molecule has 3 aliphatic rings. The van der Waals surface area contributed by atoms with Gasteiger partial charge in [0.1, 0.15) is 18.2 Å². The number of rotatable bonds is 16. The van der Waals surface area contributed by atoms with Gasteiger partial charge < -0.3 is 29.7 Å². The highest BCUT2D eigenvalue weighted by molar-refractivity contribution is 9.09. The number of unbranched alkanes of at least 4 members (excludes halogenated alkanes) is 1. The van der Waals surface area contributed by atoms with E-state index in [9.17, 15) is 24.3 Å². The zero-order chi connectivity index (χ0) is 35.3. The van der Waals surface area contributed by atoms with Crippen LogP contribution in [0.2, 0.25) is 0 Å². The van der Waals surface area contributed by atoms with Crippen molar-refractivity contribution in [1.29, 1.82) is 0 Å². The third-order valence-corrected chi connectivity index (χ3v) is 10.7. The lowest BCUT2D eigenvalue weighted by atomic mass is 9.70. The third kappa shape index (κ3) is 7.11. The highest BCUT2D eigenvalue weighted by Crippen LogP contribution is 2.60. The summed E-state index contributed by atoms with van der Waals surface area (Å²) in [4.78, 5) is 59.2. The topological polar surface area (TPSA) is 125 Å². The Hall–Kier alpha value is -3.80. The third-order valence-electron chi connectivity index (χ3n) is 9.90. The lowest BCUT2D eigenvalue weighted by Crippen LogP contribution is -2.57. The summed E-state index contributed by atoms with van der Waals surface area (Å²) in [6.07, 6.45) is 4.58. The Morgan fingerprint density at radius 1 is 1.12 bits per heavy atom. The predicted molar refractivity (Wildman–Crippen MR) is 190 cm³/mol. The first-order chi connectivity index (χ1) is 23.6. The van der Waals surface area contributed by atoms with E-state index in [0.29, 0.717) is 25.7 Å². The van der Waals surface area contributed by atoms with E-state index in [0.717, 1.165) is 22.4 Å². The minimum Gasteiger partial charge on any atom is -0.463 e. The Balaban J connectivity index is 1.50. The van der Waals surface area contributed by atoms with Gasteiger partial charge in [0.15, 0.2) is 0 Å². The number of aliphatic hydroxyl groups is 1. The van der Waals surface area contributed by atoms with Crippen LogP contribution in [0.15, 0.2) is 73.8 Å². The average Bonchev–Trinajstić information content (AvgIpc) is 3.68. The largest absolute Gasteiger partial charge is 0.463 e. The molecule has 1 spiro atoms. The van der Waals surface area contributed by atoms with Crippen LogP contribution in [-0.4, -0.2) is 82.6 Å². The van der Waals surface area contributed by atoms with E-state index in [4.69, 9.17) is 9.47 Å². The molecule has 2 bridgehead atoms. The van der Waals surface area contributed by atoms with Gasteiger partial charge in [-0.25, -0.2) is 0 Å². The minimum atomic E-state index is -1.26. The van der Waals surface area contributed by atoms with Crippen molar-refractivity contribution in [3.05, 3.63) is 90.5 Å². The van der Waals surface area contributed by atoms with Gasteiger partial charge in [-0.15, -0.1) is 13.2 Å². The van der Waals surface area contributed by atoms with Crippen LogP contribution in [0.1, 0.15) is 54.8 Å². The van der Waals surface area contributed by atoms with Crippen LogP contribution in [0.25, 0.3) is 0 Å². The van der Waals surface area contributed by atoms with Crippen LogP contribution in [0.4, 0.5) is 5.69 Å². The van der Waals surface area contributed by atoms with E-state index in [1.54, 1.807) is 22.0 Å². The Bertz CT molecular complexity index is 1550. The predicted octanol–water partition coefficient (Wildman–Crippen LogP) is 4.71. The molecule has 3 heterocycles. The van der Waals surface area contributed by atoms with Crippen molar-refractivity contribution in [3.63, 3.8) is 0 Å². The van der Waals surface area contributed by atoms with Crippen LogP contribution >= 0.6 is 15.9 Å². The second-order valence-electron chi connectivity index (χ2n) is 13.1. The molecule has 0 aliphatic carbocycles. The molecule has 11 heteroatoms. The van der Waals surface area contributed by atoms with Gasteiger partial charge in [0, 0.05) is 36.6 Å². The molecule has 0 radical (unpaired) electrons. The summed E-state index contributed by atoms with van der Waals surface area (Å²) in [7, 11) is 0. The lowest BCUT2D eigenvalue weighted by molar-refractivity contribution is -0.145. The first kappa shape index (κ1) is 36.5. The molecular formula is C38H46BrN3O7. The quantitative estimate of drug-likeness (QED) is 0.111. The normalized spacial score (nSPS) is 25.8. The highest BCUT2D eigenvalue weighted by atomic mass is 79.9. The van der Waals surface area contributed by atoms with Gasteiger partial charge >= 0.3 is 5.97 Å². The van der Waals surface area contributed by atoms with Crippen molar-refractivity contribution >= 4 is 45.3 Å². The van der Waals surface area contributed by atoms with E-state index < -0.39 is 47.5 Å². The van der Waals surface area contributed by atoms with Crippen molar-refractivity contribution in [2.75, 3.05) is 31.2 Å². The number of aryl methyl sites for hydroxylation is 2. The number of nitrogens with one attached hydrogen (secondary N) is 1. The molecule has 3 fully saturated rings. The molecule has 2 aromatic rings. The summed E-state index contributed by atoms with van der Waals surface area (Å²) in [5, 5.41) is 12.6. The average molecular weight is 737 g/mol. The van der Waals surface area contributed by atoms with Crippen LogP contribution < -0.4 is 10.2 Å². The number of benzene rings is 2. The number of fused-ring (bicyclic) bond motifs is 1. The van der Waals surface area contributed by atoms with Gasteiger partial charge in [-0.2, -0.15) is 0 Å². The minimum absolute atomic E-state index is 0.0493. The number of alkyl halides is 1. The number of hydrogen-bond donors (Lipinski definition) is 2. The Morgan fingerprint density at radius 2 is 1.84 bits per heavy atom. The molecule has 0 saturated carbocycles. The number of para-hydroxylation sites is 1. The monoisotopic (exact) mass is 735 g/mol. The number of ether oxygens (including phenoxy) is 2. The van der Waals surface area contributed by atoms with Crippen molar-refractivity contribution in [2.45, 2.75) is 74.6 Å². The molecule has 2 aromatic carbocycles. The molecule has 49 heavy (non-hydrogen) atoms. The van der Waals surface area contributed by atoms with Crippen molar-refractivity contribution in [2.24, 2.45) is 11.8 Å². The molecule has 262 valence electrons. The molecular weight excluding hydrogens is 690 g/mol. The second-order valence-corrected chi connectivity index (χ2v) is 14.3. The van der Waals surface area contributed by atoms with Crippen LogP contribution in [0, 0.1) is 25.7 Å². The number of likely N-dealkylation sites (tertiary alicyclic amines) is 1. The first-order valence-corrected chi connectivity index (χ1v) is 17.8. The summed E-state index contributed by atoms with van der Waals surface area (Å²) >= 11 is 3.75. The first-order valence-electron chi connectivity index (χ1n) is 16.9. The van der Waals surface area contributed by atoms with Gasteiger partial charge in [-0.3, -0.25) is 19.2 Å². The summed E-state index contributed by atoms with van der Waals surface area (Å²) in [5.74, 6) is -3.25. The number of carbonyl (C=O) groups excluding carboxylic acids is 4. The number of anilines is 1. The molecule has 3 saturated heterocycles. The molecule has 1 unspecified atom stereocenters. The van der Waals surface area contributed by atoms with Gasteiger partial charge in [0.05, 0.1) is 24.0 Å². The zero-order valence-electron chi connectivity index (χ0n) is 28.2. The standard InChI is InChI=1S/C38H46BrN3O7/c1-5-7-18-29(44)48-23-28(26-16-9-8-10-17-26)40-35(45)30-31-36(46)42(20-11-12-21-43)34(38(31)22-27(39)33(30)49-38)37(47)41(19-6-2)32-24(3)14-13-15-25(32)4/h5-6,8-10,13-17,27-28,30-31,33-34,43H,1-2,7,11-12,18-23H2,3-4H3,(H,40,45)/t27?,28-,30-,31+,33-,34-,38+/m0/s1. The number of hydrogen-bond acceptors (Lipinski definition) is 7. The lowest BCUT2D eigenvalue weighted by Gasteiger charge is -2.38. The number of amides is 3. The number of esters is 1. The maximum absolute atomic E-state index is 14.9. The molecule has 10 nitrogen and oxygen atoms in total. The van der Waals surface area contributed by atoms with Crippen LogP contribution in [-0.2, 0) is 28.7 Å². The zero-order valence-corrected chi connectivity index (χ0v) is 29.8. The van der Waals surface area contributed by atoms with Crippen LogP contribution in [0.5, 0.6) is 0 Å². The maximum Gasteiger partial charge on any atom is 0.306 e. The fraction of sp³-hybridized carbons (Fsp3) is 0.474. The summed E-state index contributed by atoms with van der Waals surface area (Å²) in [6.45, 7) is 11.8. The number of nitrogens with zero attached hydrogens (tertiary/aromatic N) is 2. The fourth-order valence-corrected chi connectivity index (χ4v) is 8.73. The number of allylic oxidation sites excluding steroid dienone is 1. The van der Waals surface area contributed by atoms with Crippen molar-refractivity contribution < 1.29 is 33.8 Å². The summed E-state index contributed by atoms with van der Waals surface area (Å²) in [5.41, 5.74) is 2.05. The van der Waals surface area contributed by atoms with E-state index in [2.05, 4.69) is 34.4 Å². The van der Waals surface area contributed by atoms with Gasteiger partial charge in [0.25, 0.3) is 5.91 Å². The van der Waals surface area contributed by atoms with E-state index >= 15 is 0 Å². The smallest absolute Gasteiger partial charge is 0.306 e. The Morgan fingerprint density at radius 3 is 2.49 bits per heavy atom. The number of aliphatic hydroxyl groups excluding tert-OH is 1.